The summed E-state index contributed by atoms with van der Waals surface area (Å²) in [4.78, 5) is 14.2. The molecule has 2 rings (SSSR count). The third kappa shape index (κ3) is 6.09. The summed E-state index contributed by atoms with van der Waals surface area (Å²) in [6, 6.07) is 11.8. The summed E-state index contributed by atoms with van der Waals surface area (Å²) in [5.41, 5.74) is 1.85. The van der Waals surface area contributed by atoms with E-state index in [1.54, 1.807) is 19.2 Å². The number of methoxy groups -OCH3 is 1. The van der Waals surface area contributed by atoms with Gasteiger partial charge in [-0.15, -0.1) is 6.58 Å². The Morgan fingerprint density at radius 3 is 2.68 bits per heavy atom. The van der Waals surface area contributed by atoms with Crippen molar-refractivity contribution in [2.24, 2.45) is 0 Å². The monoisotopic (exact) mass is 386 g/mol. The number of carbonyl (C=O) groups excluding carboxylic acids is 1. The SMILES string of the molecule is C=CCc1ccc(OCC(=O)NCC(c2cccc(F)c2)N(C)C)c(OC)c1. The number of hydrogen-bond acceptors (Lipinski definition) is 4. The zero-order valence-electron chi connectivity index (χ0n) is 16.6. The van der Waals surface area contributed by atoms with Crippen molar-refractivity contribution in [3.05, 3.63) is 72.1 Å². The van der Waals surface area contributed by atoms with E-state index in [0.717, 1.165) is 17.5 Å². The molecule has 28 heavy (non-hydrogen) atoms. The second-order valence-corrected chi connectivity index (χ2v) is 6.61. The maximum absolute atomic E-state index is 13.5. The number of allylic oxidation sites excluding steroid dienone is 1. The molecule has 0 radical (unpaired) electrons. The van der Waals surface area contributed by atoms with Crippen molar-refractivity contribution in [2.75, 3.05) is 34.4 Å². The molecular formula is C22H27FN2O3. The van der Waals surface area contributed by atoms with Crippen LogP contribution in [0, 0.1) is 5.82 Å². The van der Waals surface area contributed by atoms with E-state index in [2.05, 4.69) is 11.9 Å². The van der Waals surface area contributed by atoms with Gasteiger partial charge in [0.1, 0.15) is 5.82 Å². The summed E-state index contributed by atoms with van der Waals surface area (Å²) >= 11 is 0. The number of ether oxygens (including phenoxy) is 2. The van der Waals surface area contributed by atoms with Crippen LogP contribution >= 0.6 is 0 Å². The Kier molecular flexibility index (Phi) is 8.02. The van der Waals surface area contributed by atoms with Crippen LogP contribution in [0.5, 0.6) is 11.5 Å². The van der Waals surface area contributed by atoms with E-state index in [9.17, 15) is 9.18 Å². The summed E-state index contributed by atoms with van der Waals surface area (Å²) in [7, 11) is 5.32. The van der Waals surface area contributed by atoms with Gasteiger partial charge in [0.05, 0.1) is 13.2 Å². The number of amides is 1. The molecule has 5 nitrogen and oxygen atoms in total. The zero-order chi connectivity index (χ0) is 20.5. The first-order valence-electron chi connectivity index (χ1n) is 9.03. The minimum Gasteiger partial charge on any atom is -0.493 e. The molecule has 0 fully saturated rings. The van der Waals surface area contributed by atoms with E-state index < -0.39 is 0 Å². The van der Waals surface area contributed by atoms with Crippen molar-refractivity contribution in [3.63, 3.8) is 0 Å². The number of likely N-dealkylation sites (N-methyl/N-ethyl adjacent to an activating group) is 1. The Morgan fingerprint density at radius 2 is 2.04 bits per heavy atom. The molecule has 2 aromatic rings. The molecule has 0 aromatic heterocycles. The number of benzene rings is 2. The second-order valence-electron chi connectivity index (χ2n) is 6.61. The van der Waals surface area contributed by atoms with E-state index in [0.29, 0.717) is 18.0 Å². The molecule has 150 valence electrons. The van der Waals surface area contributed by atoms with Crippen LogP contribution in [0.15, 0.2) is 55.1 Å². The average Bonchev–Trinajstić information content (AvgIpc) is 2.67. The highest BCUT2D eigenvalue weighted by Gasteiger charge is 2.16. The zero-order valence-corrected chi connectivity index (χ0v) is 16.6. The maximum atomic E-state index is 13.5. The van der Waals surface area contributed by atoms with Gasteiger partial charge in [0.15, 0.2) is 18.1 Å². The van der Waals surface area contributed by atoms with Crippen molar-refractivity contribution >= 4 is 5.91 Å². The van der Waals surface area contributed by atoms with Gasteiger partial charge in [0.2, 0.25) is 0 Å². The normalized spacial score (nSPS) is 11.8. The molecular weight excluding hydrogens is 359 g/mol. The number of nitrogens with zero attached hydrogens (tertiary/aromatic N) is 1. The second kappa shape index (κ2) is 10.5. The number of rotatable bonds is 10. The van der Waals surface area contributed by atoms with Crippen LogP contribution in [0.1, 0.15) is 17.2 Å². The van der Waals surface area contributed by atoms with Gasteiger partial charge >= 0.3 is 0 Å². The lowest BCUT2D eigenvalue weighted by Crippen LogP contribution is -2.36. The van der Waals surface area contributed by atoms with Crippen LogP contribution in [-0.2, 0) is 11.2 Å². The van der Waals surface area contributed by atoms with Crippen molar-refractivity contribution in [1.29, 1.82) is 0 Å². The average molecular weight is 386 g/mol. The molecule has 0 aliphatic rings. The lowest BCUT2D eigenvalue weighted by molar-refractivity contribution is -0.123. The van der Waals surface area contributed by atoms with Crippen LogP contribution in [-0.4, -0.2) is 45.2 Å². The third-order valence-electron chi connectivity index (χ3n) is 4.32. The molecule has 1 amide bonds. The molecule has 1 N–H and O–H groups in total. The molecule has 0 aliphatic carbocycles. The summed E-state index contributed by atoms with van der Waals surface area (Å²) in [6.07, 6.45) is 2.53. The molecule has 0 saturated heterocycles. The maximum Gasteiger partial charge on any atom is 0.258 e. The van der Waals surface area contributed by atoms with Crippen LogP contribution in [0.4, 0.5) is 4.39 Å². The predicted molar refractivity (Wildman–Crippen MR) is 108 cm³/mol. The molecule has 0 bridgehead atoms. The van der Waals surface area contributed by atoms with Gasteiger partial charge in [-0.3, -0.25) is 4.79 Å². The van der Waals surface area contributed by atoms with Gasteiger partial charge in [-0.2, -0.15) is 0 Å². The Labute approximate surface area is 165 Å². The first kappa shape index (κ1) is 21.4. The summed E-state index contributed by atoms with van der Waals surface area (Å²) in [6.45, 7) is 3.92. The smallest absolute Gasteiger partial charge is 0.258 e. The summed E-state index contributed by atoms with van der Waals surface area (Å²) in [5.74, 6) is 0.504. The molecule has 6 heteroatoms. The van der Waals surface area contributed by atoms with Crippen molar-refractivity contribution in [1.82, 2.24) is 10.2 Å². The van der Waals surface area contributed by atoms with E-state index in [-0.39, 0.29) is 24.4 Å². The van der Waals surface area contributed by atoms with Crippen molar-refractivity contribution in [3.8, 4) is 11.5 Å². The molecule has 1 unspecified atom stereocenters. The van der Waals surface area contributed by atoms with Gasteiger partial charge in [-0.1, -0.05) is 24.3 Å². The molecule has 0 heterocycles. The number of nitrogens with one attached hydrogen (secondary N) is 1. The molecule has 0 saturated carbocycles. The van der Waals surface area contributed by atoms with Gasteiger partial charge in [0, 0.05) is 6.54 Å². The first-order valence-corrected chi connectivity index (χ1v) is 9.03. The molecule has 0 aliphatic heterocycles. The lowest BCUT2D eigenvalue weighted by atomic mass is 10.1. The predicted octanol–water partition coefficient (Wildman–Crippen LogP) is 3.36. The highest BCUT2D eigenvalue weighted by atomic mass is 19.1. The van der Waals surface area contributed by atoms with Gasteiger partial charge < -0.3 is 19.7 Å². The van der Waals surface area contributed by atoms with Crippen LogP contribution in [0.3, 0.4) is 0 Å². The van der Waals surface area contributed by atoms with Crippen LogP contribution in [0.25, 0.3) is 0 Å². The van der Waals surface area contributed by atoms with E-state index >= 15 is 0 Å². The summed E-state index contributed by atoms with van der Waals surface area (Å²) < 4.78 is 24.4. The largest absolute Gasteiger partial charge is 0.493 e. The van der Waals surface area contributed by atoms with Crippen LogP contribution < -0.4 is 14.8 Å². The number of hydrogen-bond donors (Lipinski definition) is 1. The minimum absolute atomic E-state index is 0.138. The van der Waals surface area contributed by atoms with Gasteiger partial charge in [-0.25, -0.2) is 4.39 Å². The number of carbonyl (C=O) groups is 1. The lowest BCUT2D eigenvalue weighted by Gasteiger charge is -2.25. The minimum atomic E-state index is -0.300. The topological polar surface area (TPSA) is 50.8 Å². The molecule has 1 atom stereocenters. The Morgan fingerprint density at radius 1 is 1.25 bits per heavy atom. The fourth-order valence-corrected chi connectivity index (χ4v) is 2.84. The van der Waals surface area contributed by atoms with Crippen LogP contribution in [0.2, 0.25) is 0 Å². The number of halogens is 1. The fourth-order valence-electron chi connectivity index (χ4n) is 2.84. The Bertz CT molecular complexity index is 808. The standard InChI is InChI=1S/C22H27FN2O3/c1-5-7-16-10-11-20(21(12-16)27-4)28-15-22(26)24-14-19(25(2)3)17-8-6-9-18(23)13-17/h5-6,8-13,19H,1,7,14-15H2,2-4H3,(H,24,26). The Hall–Kier alpha value is -2.86. The third-order valence-corrected chi connectivity index (χ3v) is 4.32. The quantitative estimate of drug-likeness (QED) is 0.636. The summed E-state index contributed by atoms with van der Waals surface area (Å²) in [5, 5.41) is 2.84. The van der Waals surface area contributed by atoms with Gasteiger partial charge in [-0.05, 0) is 55.9 Å². The van der Waals surface area contributed by atoms with Crippen molar-refractivity contribution < 1.29 is 18.7 Å². The molecule has 2 aromatic carbocycles. The highest BCUT2D eigenvalue weighted by molar-refractivity contribution is 5.77. The molecule has 0 spiro atoms. The first-order chi connectivity index (χ1) is 13.4. The van der Waals surface area contributed by atoms with Crippen molar-refractivity contribution in [2.45, 2.75) is 12.5 Å². The van der Waals surface area contributed by atoms with E-state index in [1.807, 2.05) is 43.3 Å². The Balaban J connectivity index is 1.93. The van der Waals surface area contributed by atoms with E-state index in [4.69, 9.17) is 9.47 Å². The highest BCUT2D eigenvalue weighted by Crippen LogP contribution is 2.28. The van der Waals surface area contributed by atoms with E-state index in [1.165, 1.54) is 12.1 Å². The fraction of sp³-hybridized carbons (Fsp3) is 0.318. The van der Waals surface area contributed by atoms with Gasteiger partial charge in [0.25, 0.3) is 5.91 Å².